The van der Waals surface area contributed by atoms with Crippen LogP contribution in [-0.4, -0.2) is 29.3 Å². The lowest BCUT2D eigenvalue weighted by atomic mass is 10.1. The normalized spacial score (nSPS) is 11.6. The van der Waals surface area contributed by atoms with Crippen LogP contribution in [0.2, 0.25) is 0 Å². The Hall–Kier alpha value is -2.62. The molecule has 0 bridgehead atoms. The Bertz CT molecular complexity index is 696. The Morgan fingerprint density at radius 1 is 1.00 bits per heavy atom. The van der Waals surface area contributed by atoms with Crippen molar-refractivity contribution in [2.45, 2.75) is 39.8 Å². The summed E-state index contributed by atoms with van der Waals surface area (Å²) in [6, 6.07) is 17.2. The van der Waals surface area contributed by atoms with Gasteiger partial charge in [0.25, 0.3) is 0 Å². The van der Waals surface area contributed by atoms with Gasteiger partial charge in [0.05, 0.1) is 6.42 Å². The summed E-state index contributed by atoms with van der Waals surface area (Å²) in [7, 11) is 0. The first-order valence-corrected chi connectivity index (χ1v) is 8.68. The predicted molar refractivity (Wildman–Crippen MR) is 100 cm³/mol. The monoisotopic (exact) mass is 338 g/mol. The van der Waals surface area contributed by atoms with E-state index in [9.17, 15) is 9.59 Å². The zero-order valence-corrected chi connectivity index (χ0v) is 15.2. The molecule has 2 aromatic rings. The van der Waals surface area contributed by atoms with Gasteiger partial charge >= 0.3 is 0 Å². The summed E-state index contributed by atoms with van der Waals surface area (Å²) in [5.74, 6) is -0.179. The molecule has 0 fully saturated rings. The van der Waals surface area contributed by atoms with Crippen molar-refractivity contribution < 1.29 is 9.59 Å². The minimum absolute atomic E-state index is 0.0496. The number of carbonyl (C=O) groups is 2. The van der Waals surface area contributed by atoms with Crippen molar-refractivity contribution in [3.63, 3.8) is 0 Å². The van der Waals surface area contributed by atoms with E-state index in [2.05, 4.69) is 5.32 Å². The van der Waals surface area contributed by atoms with E-state index in [4.69, 9.17) is 0 Å². The van der Waals surface area contributed by atoms with Crippen molar-refractivity contribution >= 4 is 11.8 Å². The number of hydrogen-bond donors (Lipinski definition) is 1. The highest BCUT2D eigenvalue weighted by Crippen LogP contribution is 2.13. The standard InChI is InChI=1S/C21H26N2O2/c1-4-22-21(25)17(3)23(15-19-8-6-5-7-9-19)20(24)14-18-12-10-16(2)11-13-18/h5-13,17H,4,14-15H2,1-3H3,(H,22,25)/t17-/m0/s1. The SMILES string of the molecule is CCNC(=O)[C@H](C)N(Cc1ccccc1)C(=O)Cc1ccc(C)cc1. The van der Waals surface area contributed by atoms with Crippen LogP contribution in [0.25, 0.3) is 0 Å². The highest BCUT2D eigenvalue weighted by molar-refractivity contribution is 5.88. The molecule has 0 aliphatic heterocycles. The summed E-state index contributed by atoms with van der Waals surface area (Å²) in [5, 5.41) is 2.80. The van der Waals surface area contributed by atoms with Crippen LogP contribution in [-0.2, 0) is 22.6 Å². The maximum absolute atomic E-state index is 12.9. The molecular weight excluding hydrogens is 312 g/mol. The number of hydrogen-bond acceptors (Lipinski definition) is 2. The zero-order chi connectivity index (χ0) is 18.2. The number of nitrogens with one attached hydrogen (secondary N) is 1. The second-order valence-corrected chi connectivity index (χ2v) is 6.24. The van der Waals surface area contributed by atoms with Gasteiger partial charge in [-0.2, -0.15) is 0 Å². The van der Waals surface area contributed by atoms with Crippen LogP contribution in [0, 0.1) is 6.92 Å². The van der Waals surface area contributed by atoms with Crippen molar-refractivity contribution in [2.24, 2.45) is 0 Å². The number of benzene rings is 2. The van der Waals surface area contributed by atoms with Crippen molar-refractivity contribution in [1.29, 1.82) is 0 Å². The fourth-order valence-corrected chi connectivity index (χ4v) is 2.67. The maximum Gasteiger partial charge on any atom is 0.242 e. The molecule has 0 aromatic heterocycles. The Morgan fingerprint density at radius 3 is 2.24 bits per heavy atom. The average molecular weight is 338 g/mol. The summed E-state index contributed by atoms with van der Waals surface area (Å²) < 4.78 is 0. The number of aryl methyl sites for hydroxylation is 1. The molecule has 0 aliphatic rings. The van der Waals surface area contributed by atoms with Crippen molar-refractivity contribution in [1.82, 2.24) is 10.2 Å². The van der Waals surface area contributed by atoms with Crippen molar-refractivity contribution in [3.05, 3.63) is 71.3 Å². The predicted octanol–water partition coefficient (Wildman–Crippen LogP) is 3.09. The van der Waals surface area contributed by atoms with E-state index >= 15 is 0 Å². The van der Waals surface area contributed by atoms with Gasteiger partial charge in [-0.1, -0.05) is 60.2 Å². The van der Waals surface area contributed by atoms with E-state index in [0.29, 0.717) is 13.1 Å². The Kier molecular flexibility index (Phi) is 6.75. The maximum atomic E-state index is 12.9. The molecule has 2 amide bonds. The van der Waals surface area contributed by atoms with Gasteiger partial charge in [0.1, 0.15) is 6.04 Å². The highest BCUT2D eigenvalue weighted by Gasteiger charge is 2.25. The van der Waals surface area contributed by atoms with Crippen molar-refractivity contribution in [3.8, 4) is 0 Å². The summed E-state index contributed by atoms with van der Waals surface area (Å²) >= 11 is 0. The molecule has 25 heavy (non-hydrogen) atoms. The third kappa shape index (κ3) is 5.45. The van der Waals surface area contributed by atoms with E-state index in [-0.39, 0.29) is 18.2 Å². The fraction of sp³-hybridized carbons (Fsp3) is 0.333. The lowest BCUT2D eigenvalue weighted by Crippen LogP contribution is -2.48. The van der Waals surface area contributed by atoms with Crippen LogP contribution in [0.3, 0.4) is 0 Å². The molecule has 4 nitrogen and oxygen atoms in total. The summed E-state index contributed by atoms with van der Waals surface area (Å²) in [6.45, 7) is 6.64. The van der Waals surface area contributed by atoms with Crippen LogP contribution in [0.1, 0.15) is 30.5 Å². The molecule has 0 aliphatic carbocycles. The Balaban J connectivity index is 2.18. The summed E-state index contributed by atoms with van der Waals surface area (Å²) in [4.78, 5) is 26.8. The molecule has 1 atom stereocenters. The topological polar surface area (TPSA) is 49.4 Å². The molecule has 0 saturated heterocycles. The number of amides is 2. The van der Waals surface area contributed by atoms with Crippen LogP contribution in [0.5, 0.6) is 0 Å². The molecule has 0 radical (unpaired) electrons. The molecule has 0 heterocycles. The smallest absolute Gasteiger partial charge is 0.242 e. The second kappa shape index (κ2) is 9.02. The quantitative estimate of drug-likeness (QED) is 0.843. The Labute approximate surface area is 149 Å². The molecular formula is C21H26N2O2. The van der Waals surface area contributed by atoms with E-state index in [1.165, 1.54) is 0 Å². The Morgan fingerprint density at radius 2 is 1.64 bits per heavy atom. The van der Waals surface area contributed by atoms with Crippen LogP contribution in [0.4, 0.5) is 0 Å². The van der Waals surface area contributed by atoms with E-state index in [1.807, 2.05) is 68.4 Å². The molecule has 0 unspecified atom stereocenters. The van der Waals surface area contributed by atoms with Gasteiger partial charge in [-0.3, -0.25) is 9.59 Å². The van der Waals surface area contributed by atoms with Crippen LogP contribution >= 0.6 is 0 Å². The minimum atomic E-state index is -0.516. The zero-order valence-electron chi connectivity index (χ0n) is 15.2. The number of rotatable bonds is 7. The van der Waals surface area contributed by atoms with Gasteiger partial charge in [-0.15, -0.1) is 0 Å². The third-order valence-corrected chi connectivity index (χ3v) is 4.19. The molecule has 0 spiro atoms. The first-order chi connectivity index (χ1) is 12.0. The molecule has 0 saturated carbocycles. The first kappa shape index (κ1) is 18.7. The average Bonchev–Trinajstić information content (AvgIpc) is 2.62. The molecule has 2 rings (SSSR count). The molecule has 132 valence electrons. The second-order valence-electron chi connectivity index (χ2n) is 6.24. The summed E-state index contributed by atoms with van der Waals surface area (Å²) in [5.41, 5.74) is 3.13. The van der Waals surface area contributed by atoms with Gasteiger partial charge in [0, 0.05) is 13.1 Å². The third-order valence-electron chi connectivity index (χ3n) is 4.19. The number of likely N-dealkylation sites (N-methyl/N-ethyl adjacent to an activating group) is 1. The molecule has 2 aromatic carbocycles. The highest BCUT2D eigenvalue weighted by atomic mass is 16.2. The fourth-order valence-electron chi connectivity index (χ4n) is 2.67. The van der Waals surface area contributed by atoms with Crippen molar-refractivity contribution in [2.75, 3.05) is 6.54 Å². The van der Waals surface area contributed by atoms with E-state index in [0.717, 1.165) is 16.7 Å². The number of nitrogens with zero attached hydrogens (tertiary/aromatic N) is 1. The lowest BCUT2D eigenvalue weighted by molar-refractivity contribution is -0.140. The van der Waals surface area contributed by atoms with Gasteiger partial charge < -0.3 is 10.2 Å². The molecule has 1 N–H and O–H groups in total. The van der Waals surface area contributed by atoms with E-state index < -0.39 is 6.04 Å². The first-order valence-electron chi connectivity index (χ1n) is 8.68. The van der Waals surface area contributed by atoms with Gasteiger partial charge in [-0.25, -0.2) is 0 Å². The minimum Gasteiger partial charge on any atom is -0.355 e. The van der Waals surface area contributed by atoms with Gasteiger partial charge in [0.2, 0.25) is 11.8 Å². The van der Waals surface area contributed by atoms with Gasteiger partial charge in [-0.05, 0) is 31.9 Å². The van der Waals surface area contributed by atoms with E-state index in [1.54, 1.807) is 11.8 Å². The number of carbonyl (C=O) groups excluding carboxylic acids is 2. The lowest BCUT2D eigenvalue weighted by Gasteiger charge is -2.28. The molecule has 4 heteroatoms. The van der Waals surface area contributed by atoms with Crippen LogP contribution in [0.15, 0.2) is 54.6 Å². The summed E-state index contributed by atoms with van der Waals surface area (Å²) in [6.07, 6.45) is 0.289. The van der Waals surface area contributed by atoms with Crippen LogP contribution < -0.4 is 5.32 Å². The van der Waals surface area contributed by atoms with Gasteiger partial charge in [0.15, 0.2) is 0 Å². The largest absolute Gasteiger partial charge is 0.355 e.